The molecule has 1 saturated heterocycles. The van der Waals surface area contributed by atoms with E-state index in [2.05, 4.69) is 26.2 Å². The summed E-state index contributed by atoms with van der Waals surface area (Å²) in [7, 11) is 1.80. The van der Waals surface area contributed by atoms with Gasteiger partial charge in [0.05, 0.1) is 28.8 Å². The molecule has 3 aromatic rings. The van der Waals surface area contributed by atoms with Gasteiger partial charge in [-0.1, -0.05) is 15.9 Å². The second-order valence-electron chi connectivity index (χ2n) is 5.18. The predicted molar refractivity (Wildman–Crippen MR) is 82.1 cm³/mol. The number of imidazole rings is 1. The summed E-state index contributed by atoms with van der Waals surface area (Å²) in [5.41, 5.74) is 2.80. The number of benzene rings is 1. The number of hydrogen-bond acceptors (Lipinski definition) is 3. The lowest BCUT2D eigenvalue weighted by Gasteiger charge is -2.28. The molecule has 20 heavy (non-hydrogen) atoms. The lowest BCUT2D eigenvalue weighted by Crippen LogP contribution is -2.46. The van der Waals surface area contributed by atoms with Crippen LogP contribution in [0, 0.1) is 0 Å². The van der Waals surface area contributed by atoms with Crippen molar-refractivity contribution in [3.8, 4) is 0 Å². The lowest BCUT2D eigenvalue weighted by atomic mass is 10.1. The third-order valence-corrected chi connectivity index (χ3v) is 4.50. The van der Waals surface area contributed by atoms with Crippen molar-refractivity contribution in [2.75, 3.05) is 13.1 Å². The Morgan fingerprint density at radius 3 is 2.90 bits per heavy atom. The Kier molecular flexibility index (Phi) is 2.52. The van der Waals surface area contributed by atoms with Crippen LogP contribution in [0.1, 0.15) is 6.04 Å². The maximum absolute atomic E-state index is 12.5. The number of fused-ring (bicyclic) bond motifs is 3. The number of halogens is 1. The van der Waals surface area contributed by atoms with Gasteiger partial charge in [0, 0.05) is 30.0 Å². The largest absolute Gasteiger partial charge is 0.329 e. The Bertz CT molecular complexity index is 891. The number of aryl methyl sites for hydroxylation is 1. The second kappa shape index (κ2) is 4.17. The lowest BCUT2D eigenvalue weighted by molar-refractivity contribution is 0.342. The zero-order valence-electron chi connectivity index (χ0n) is 10.9. The van der Waals surface area contributed by atoms with Crippen LogP contribution in [-0.2, 0) is 7.05 Å². The zero-order chi connectivity index (χ0) is 13.9. The summed E-state index contributed by atoms with van der Waals surface area (Å²) in [6.45, 7) is 1.69. The first-order valence-corrected chi connectivity index (χ1v) is 7.32. The van der Waals surface area contributed by atoms with Gasteiger partial charge in [0.1, 0.15) is 0 Å². The minimum atomic E-state index is 0.0285. The number of nitrogens with zero attached hydrogens (tertiary/aromatic N) is 3. The predicted octanol–water partition coefficient (Wildman–Crippen LogP) is 1.79. The highest BCUT2D eigenvalue weighted by atomic mass is 79.9. The van der Waals surface area contributed by atoms with E-state index in [9.17, 15) is 4.79 Å². The monoisotopic (exact) mass is 332 g/mol. The average molecular weight is 333 g/mol. The van der Waals surface area contributed by atoms with Gasteiger partial charge >= 0.3 is 5.69 Å². The van der Waals surface area contributed by atoms with Gasteiger partial charge in [-0.15, -0.1) is 0 Å². The normalized spacial score (nSPS) is 15.9. The van der Waals surface area contributed by atoms with E-state index in [-0.39, 0.29) is 11.7 Å². The van der Waals surface area contributed by atoms with Gasteiger partial charge in [0.2, 0.25) is 0 Å². The Labute approximate surface area is 123 Å². The standard InChI is InChI=1S/C14H13BrN4O/c1-18-12-7-17-11-3-2-8(15)4-10(11)13(12)19(14(18)20)9-5-16-6-9/h2-4,7,9,16H,5-6H2,1H3. The van der Waals surface area contributed by atoms with Gasteiger partial charge < -0.3 is 5.32 Å². The molecule has 1 aromatic carbocycles. The Balaban J connectivity index is 2.22. The van der Waals surface area contributed by atoms with Gasteiger partial charge in [-0.2, -0.15) is 0 Å². The number of nitrogens with one attached hydrogen (secondary N) is 1. The van der Waals surface area contributed by atoms with Crippen LogP contribution < -0.4 is 11.0 Å². The van der Waals surface area contributed by atoms with Gasteiger partial charge in [-0.3, -0.25) is 14.1 Å². The molecule has 1 N–H and O–H groups in total. The van der Waals surface area contributed by atoms with E-state index in [4.69, 9.17) is 0 Å². The van der Waals surface area contributed by atoms with Crippen LogP contribution in [0.15, 0.2) is 33.7 Å². The van der Waals surface area contributed by atoms with Crippen LogP contribution in [0.5, 0.6) is 0 Å². The molecule has 0 atom stereocenters. The molecule has 3 heterocycles. The molecule has 0 radical (unpaired) electrons. The van der Waals surface area contributed by atoms with Crippen molar-refractivity contribution in [1.29, 1.82) is 0 Å². The molecular formula is C14H13BrN4O. The summed E-state index contributed by atoms with van der Waals surface area (Å²) >= 11 is 3.50. The van der Waals surface area contributed by atoms with Crippen molar-refractivity contribution in [2.45, 2.75) is 6.04 Å². The maximum Gasteiger partial charge on any atom is 0.329 e. The van der Waals surface area contributed by atoms with Crippen LogP contribution in [0.4, 0.5) is 0 Å². The van der Waals surface area contributed by atoms with Crippen molar-refractivity contribution >= 4 is 37.9 Å². The molecule has 1 aliphatic rings. The highest BCUT2D eigenvalue weighted by Gasteiger charge is 2.25. The van der Waals surface area contributed by atoms with Crippen LogP contribution in [0.2, 0.25) is 0 Å². The fourth-order valence-electron chi connectivity index (χ4n) is 2.79. The molecule has 0 saturated carbocycles. The summed E-state index contributed by atoms with van der Waals surface area (Å²) in [6, 6.07) is 6.21. The molecule has 0 unspecified atom stereocenters. The van der Waals surface area contributed by atoms with Gasteiger partial charge in [-0.25, -0.2) is 4.79 Å². The van der Waals surface area contributed by atoms with E-state index in [0.29, 0.717) is 0 Å². The van der Waals surface area contributed by atoms with Gasteiger partial charge in [-0.05, 0) is 18.2 Å². The third-order valence-electron chi connectivity index (χ3n) is 4.00. The molecule has 0 aliphatic carbocycles. The van der Waals surface area contributed by atoms with Crippen molar-refractivity contribution in [3.63, 3.8) is 0 Å². The van der Waals surface area contributed by atoms with Crippen molar-refractivity contribution in [2.24, 2.45) is 7.05 Å². The Hall–Kier alpha value is -1.66. The van der Waals surface area contributed by atoms with Crippen LogP contribution in [-0.4, -0.2) is 27.2 Å². The highest BCUT2D eigenvalue weighted by molar-refractivity contribution is 9.10. The summed E-state index contributed by atoms with van der Waals surface area (Å²) in [5.74, 6) is 0. The summed E-state index contributed by atoms with van der Waals surface area (Å²) in [6.07, 6.45) is 1.79. The van der Waals surface area contributed by atoms with Crippen molar-refractivity contribution in [3.05, 3.63) is 39.4 Å². The number of rotatable bonds is 1. The topological polar surface area (TPSA) is 51.9 Å². The molecular weight excluding hydrogens is 320 g/mol. The zero-order valence-corrected chi connectivity index (χ0v) is 12.5. The van der Waals surface area contributed by atoms with Gasteiger partial charge in [0.25, 0.3) is 0 Å². The Morgan fingerprint density at radius 1 is 1.40 bits per heavy atom. The number of hydrogen-bond donors (Lipinski definition) is 1. The molecule has 0 amide bonds. The SMILES string of the molecule is Cn1c(=O)n(C2CNC2)c2c3cc(Br)ccc3ncc21. The molecule has 1 fully saturated rings. The van der Waals surface area contributed by atoms with Crippen LogP contribution in [0.3, 0.4) is 0 Å². The highest BCUT2D eigenvalue weighted by Crippen LogP contribution is 2.28. The molecule has 2 aromatic heterocycles. The number of pyridine rings is 1. The first-order chi connectivity index (χ1) is 9.66. The average Bonchev–Trinajstić information content (AvgIpc) is 2.63. The first-order valence-electron chi connectivity index (χ1n) is 6.53. The summed E-state index contributed by atoms with van der Waals surface area (Å²) in [4.78, 5) is 17.0. The quantitative estimate of drug-likeness (QED) is 0.739. The number of aromatic nitrogens is 3. The van der Waals surface area contributed by atoms with E-state index < -0.39 is 0 Å². The van der Waals surface area contributed by atoms with Crippen molar-refractivity contribution < 1.29 is 0 Å². The first kappa shape index (κ1) is 12.1. The minimum Gasteiger partial charge on any atom is -0.313 e. The summed E-state index contributed by atoms with van der Waals surface area (Å²) in [5, 5.41) is 4.24. The molecule has 0 bridgehead atoms. The Morgan fingerprint density at radius 2 is 2.20 bits per heavy atom. The van der Waals surface area contributed by atoms with E-state index in [1.807, 2.05) is 22.8 Å². The van der Waals surface area contributed by atoms with Gasteiger partial charge in [0.15, 0.2) is 0 Å². The smallest absolute Gasteiger partial charge is 0.313 e. The molecule has 0 spiro atoms. The maximum atomic E-state index is 12.5. The van der Waals surface area contributed by atoms with E-state index in [1.165, 1.54) is 0 Å². The second-order valence-corrected chi connectivity index (χ2v) is 6.09. The third kappa shape index (κ3) is 1.52. The summed E-state index contributed by atoms with van der Waals surface area (Å²) < 4.78 is 4.58. The van der Waals surface area contributed by atoms with Crippen LogP contribution >= 0.6 is 15.9 Å². The van der Waals surface area contributed by atoms with E-state index in [0.717, 1.165) is 39.5 Å². The molecule has 6 heteroatoms. The van der Waals surface area contributed by atoms with Crippen LogP contribution in [0.25, 0.3) is 21.9 Å². The molecule has 5 nitrogen and oxygen atoms in total. The minimum absolute atomic E-state index is 0.0285. The fraction of sp³-hybridized carbons (Fsp3) is 0.286. The fourth-order valence-corrected chi connectivity index (χ4v) is 3.16. The van der Waals surface area contributed by atoms with E-state index >= 15 is 0 Å². The molecule has 4 rings (SSSR count). The molecule has 102 valence electrons. The van der Waals surface area contributed by atoms with E-state index in [1.54, 1.807) is 17.8 Å². The van der Waals surface area contributed by atoms with Crippen molar-refractivity contribution in [1.82, 2.24) is 19.4 Å². The molecule has 1 aliphatic heterocycles.